The molecule has 0 radical (unpaired) electrons. The van der Waals surface area contributed by atoms with Crippen molar-refractivity contribution in [2.45, 2.75) is 26.9 Å². The van der Waals surface area contributed by atoms with Crippen LogP contribution in [0.5, 0.6) is 0 Å². The van der Waals surface area contributed by atoms with E-state index < -0.39 is 8.38 Å². The summed E-state index contributed by atoms with van der Waals surface area (Å²) in [6.45, 7) is 7.25. The van der Waals surface area contributed by atoms with Gasteiger partial charge in [-0.3, -0.25) is 0 Å². The Labute approximate surface area is 138 Å². The first kappa shape index (κ1) is 19.1. The monoisotopic (exact) mass is 344 g/mol. The van der Waals surface area contributed by atoms with Gasteiger partial charge in [-0.25, -0.2) is 4.79 Å². The molecule has 0 spiro atoms. The van der Waals surface area contributed by atoms with E-state index in [9.17, 15) is 4.79 Å². The Kier molecular flexibility index (Phi) is 9.33. The highest BCUT2D eigenvalue weighted by Gasteiger charge is 2.12. The second-order valence-electron chi connectivity index (χ2n) is 4.26. The quantitative estimate of drug-likeness (QED) is 0.366. The average molecular weight is 345 g/mol. The van der Waals surface area contributed by atoms with Crippen molar-refractivity contribution < 1.29 is 18.6 Å². The van der Waals surface area contributed by atoms with Gasteiger partial charge in [0.05, 0.1) is 19.8 Å². The van der Waals surface area contributed by atoms with Crippen LogP contribution in [0.1, 0.15) is 31.9 Å². The number of halogens is 1. The predicted octanol–water partition coefficient (Wildman–Crippen LogP) is 4.80. The van der Waals surface area contributed by atoms with Crippen LogP contribution >= 0.6 is 20.0 Å². The van der Waals surface area contributed by atoms with E-state index in [1.807, 2.05) is 32.0 Å². The van der Waals surface area contributed by atoms with Crippen LogP contribution in [0.15, 0.2) is 24.3 Å². The summed E-state index contributed by atoms with van der Waals surface area (Å²) in [6, 6.07) is 5.65. The average Bonchev–Trinajstić information content (AvgIpc) is 2.48. The fraction of sp³-hybridized carbons (Fsp3) is 0.438. The lowest BCUT2D eigenvalue weighted by molar-refractivity contribution is -0.137. The van der Waals surface area contributed by atoms with Gasteiger partial charge in [0.15, 0.2) is 8.38 Å². The van der Waals surface area contributed by atoms with Crippen molar-refractivity contribution in [3.8, 4) is 0 Å². The highest BCUT2D eigenvalue weighted by atomic mass is 35.5. The predicted molar refractivity (Wildman–Crippen MR) is 91.0 cm³/mol. The van der Waals surface area contributed by atoms with Crippen molar-refractivity contribution in [2.75, 3.05) is 19.8 Å². The summed E-state index contributed by atoms with van der Waals surface area (Å²) in [6.07, 6.45) is 3.72. The number of rotatable bonds is 9. The van der Waals surface area contributed by atoms with E-state index in [-0.39, 0.29) is 5.97 Å². The van der Waals surface area contributed by atoms with Crippen molar-refractivity contribution in [3.05, 3.63) is 40.4 Å². The smallest absolute Gasteiger partial charge is 0.330 e. The van der Waals surface area contributed by atoms with Crippen molar-refractivity contribution in [1.29, 1.82) is 0 Å². The van der Waals surface area contributed by atoms with Gasteiger partial charge in [0, 0.05) is 17.3 Å². The van der Waals surface area contributed by atoms with Crippen molar-refractivity contribution in [1.82, 2.24) is 0 Å². The van der Waals surface area contributed by atoms with Gasteiger partial charge in [0.1, 0.15) is 0 Å². The maximum Gasteiger partial charge on any atom is 0.330 e. The van der Waals surface area contributed by atoms with Gasteiger partial charge in [-0.2, -0.15) is 0 Å². The highest BCUT2D eigenvalue weighted by molar-refractivity contribution is 7.46. The number of esters is 1. The van der Waals surface area contributed by atoms with Crippen LogP contribution in [0.4, 0.5) is 0 Å². The molecule has 4 nitrogen and oxygen atoms in total. The number of hydrogen-bond acceptors (Lipinski definition) is 4. The first-order chi connectivity index (χ1) is 10.6. The number of hydrogen-bond donors (Lipinski definition) is 0. The summed E-state index contributed by atoms with van der Waals surface area (Å²) in [5.41, 5.74) is 1.82. The van der Waals surface area contributed by atoms with Crippen LogP contribution in [0, 0.1) is 0 Å². The molecule has 0 atom stereocenters. The SMILES string of the molecule is CCOC(=O)C=Cc1ccc(CP(OCC)OCC)c(Cl)c1. The van der Waals surface area contributed by atoms with E-state index in [4.69, 9.17) is 25.4 Å². The Bertz CT molecular complexity index is 499. The third-order valence-electron chi connectivity index (χ3n) is 2.62. The molecule has 0 bridgehead atoms. The summed E-state index contributed by atoms with van der Waals surface area (Å²) < 4.78 is 16.0. The molecular weight excluding hydrogens is 323 g/mol. The van der Waals surface area contributed by atoms with Gasteiger partial charge in [-0.15, -0.1) is 0 Å². The summed E-state index contributed by atoms with van der Waals surface area (Å²) in [5, 5.41) is 0.637. The maximum atomic E-state index is 11.3. The Morgan fingerprint density at radius 3 is 2.41 bits per heavy atom. The maximum absolute atomic E-state index is 11.3. The summed E-state index contributed by atoms with van der Waals surface area (Å²) in [5.74, 6) is -0.362. The molecule has 0 aromatic heterocycles. The van der Waals surface area contributed by atoms with Gasteiger partial charge < -0.3 is 13.8 Å². The molecule has 0 amide bonds. The van der Waals surface area contributed by atoms with Crippen molar-refractivity contribution >= 4 is 32.0 Å². The first-order valence-corrected chi connectivity index (χ1v) is 9.01. The van der Waals surface area contributed by atoms with E-state index in [1.165, 1.54) is 6.08 Å². The van der Waals surface area contributed by atoms with E-state index in [1.54, 1.807) is 13.0 Å². The molecule has 0 unspecified atom stereocenters. The minimum absolute atomic E-state index is 0.362. The normalized spacial score (nSPS) is 11.3. The molecule has 0 aliphatic rings. The lowest BCUT2D eigenvalue weighted by Gasteiger charge is -2.16. The van der Waals surface area contributed by atoms with Crippen LogP contribution in [-0.4, -0.2) is 25.8 Å². The van der Waals surface area contributed by atoms with E-state index in [0.717, 1.165) is 11.1 Å². The van der Waals surface area contributed by atoms with E-state index in [0.29, 0.717) is 31.0 Å². The zero-order chi connectivity index (χ0) is 16.4. The molecule has 0 aliphatic heterocycles. The highest BCUT2D eigenvalue weighted by Crippen LogP contribution is 2.43. The minimum Gasteiger partial charge on any atom is -0.463 e. The molecule has 0 heterocycles. The molecule has 122 valence electrons. The molecule has 22 heavy (non-hydrogen) atoms. The zero-order valence-electron chi connectivity index (χ0n) is 13.2. The second-order valence-corrected chi connectivity index (χ2v) is 6.17. The van der Waals surface area contributed by atoms with Crippen LogP contribution < -0.4 is 0 Å². The largest absolute Gasteiger partial charge is 0.463 e. The minimum atomic E-state index is -0.963. The number of carbonyl (C=O) groups is 1. The number of benzene rings is 1. The first-order valence-electron chi connectivity index (χ1n) is 7.27. The molecule has 1 aromatic carbocycles. The molecule has 1 aromatic rings. The summed E-state index contributed by atoms with van der Waals surface area (Å²) in [7, 11) is -0.963. The van der Waals surface area contributed by atoms with Crippen molar-refractivity contribution in [2.24, 2.45) is 0 Å². The van der Waals surface area contributed by atoms with Gasteiger partial charge in [0.2, 0.25) is 0 Å². The van der Waals surface area contributed by atoms with E-state index >= 15 is 0 Å². The molecule has 0 fully saturated rings. The van der Waals surface area contributed by atoms with Gasteiger partial charge >= 0.3 is 5.97 Å². The molecule has 0 saturated heterocycles. The van der Waals surface area contributed by atoms with Gasteiger partial charge in [-0.05, 0) is 44.0 Å². The van der Waals surface area contributed by atoms with Crippen LogP contribution in [0.3, 0.4) is 0 Å². The third-order valence-corrected chi connectivity index (χ3v) is 4.66. The van der Waals surface area contributed by atoms with Crippen LogP contribution in [0.2, 0.25) is 5.02 Å². The summed E-state index contributed by atoms with van der Waals surface area (Å²) in [4.78, 5) is 11.3. The van der Waals surface area contributed by atoms with Gasteiger partial charge in [-0.1, -0.05) is 23.7 Å². The molecule has 0 N–H and O–H groups in total. The number of ether oxygens (including phenoxy) is 1. The lowest BCUT2D eigenvalue weighted by Crippen LogP contribution is -1.98. The van der Waals surface area contributed by atoms with Crippen LogP contribution in [0.25, 0.3) is 6.08 Å². The fourth-order valence-corrected chi connectivity index (χ4v) is 3.44. The lowest BCUT2D eigenvalue weighted by atomic mass is 10.1. The van der Waals surface area contributed by atoms with E-state index in [2.05, 4.69) is 0 Å². The van der Waals surface area contributed by atoms with Crippen LogP contribution in [-0.2, 0) is 24.7 Å². The third kappa shape index (κ3) is 6.89. The zero-order valence-corrected chi connectivity index (χ0v) is 14.8. The van der Waals surface area contributed by atoms with Gasteiger partial charge in [0.25, 0.3) is 0 Å². The Balaban J connectivity index is 2.74. The molecule has 6 heteroatoms. The molecular formula is C16H22ClO4P. The Hall–Kier alpha value is -0.930. The molecule has 0 saturated carbocycles. The Morgan fingerprint density at radius 1 is 1.18 bits per heavy atom. The molecule has 1 rings (SSSR count). The number of carbonyl (C=O) groups excluding carboxylic acids is 1. The second kappa shape index (κ2) is 10.7. The Morgan fingerprint density at radius 2 is 1.86 bits per heavy atom. The molecule has 0 aliphatic carbocycles. The van der Waals surface area contributed by atoms with Crippen molar-refractivity contribution in [3.63, 3.8) is 0 Å². The summed E-state index contributed by atoms with van der Waals surface area (Å²) >= 11 is 6.30. The standard InChI is InChI=1S/C16H22ClO4P/c1-4-19-16(18)10-8-13-7-9-14(15(17)11-13)12-22(20-5-2)21-6-3/h7-11H,4-6,12H2,1-3H3. The topological polar surface area (TPSA) is 44.8 Å². The fourth-order valence-electron chi connectivity index (χ4n) is 1.71.